The van der Waals surface area contributed by atoms with Gasteiger partial charge in [0.25, 0.3) is 0 Å². The number of hydrogen-bond acceptors (Lipinski definition) is 4. The topological polar surface area (TPSA) is 66.6 Å². The zero-order valence-corrected chi connectivity index (χ0v) is 12.0. The molecule has 1 aromatic heterocycles. The van der Waals surface area contributed by atoms with E-state index in [0.29, 0.717) is 12.4 Å². The minimum atomic E-state index is -0.720. The number of oxazole rings is 1. The van der Waals surface area contributed by atoms with Gasteiger partial charge in [-0.2, -0.15) is 0 Å². The number of hydrogen-bond donors (Lipinski definition) is 1. The summed E-state index contributed by atoms with van der Waals surface area (Å²) in [5.74, 6) is 0.182. The lowest BCUT2D eigenvalue weighted by Gasteiger charge is -2.37. The van der Waals surface area contributed by atoms with Gasteiger partial charge in [-0.25, -0.2) is 4.98 Å². The van der Waals surface area contributed by atoms with Crippen LogP contribution < -0.4 is 0 Å². The third-order valence-corrected chi connectivity index (χ3v) is 3.73. The summed E-state index contributed by atoms with van der Waals surface area (Å²) in [5.41, 5.74) is 3.06. The van der Waals surface area contributed by atoms with Gasteiger partial charge in [-0.1, -0.05) is 17.7 Å². The van der Waals surface area contributed by atoms with Crippen molar-refractivity contribution in [3.63, 3.8) is 0 Å². The van der Waals surface area contributed by atoms with Gasteiger partial charge in [0.15, 0.2) is 0 Å². The van der Waals surface area contributed by atoms with Crippen molar-refractivity contribution in [2.45, 2.75) is 19.9 Å². The van der Waals surface area contributed by atoms with Crippen LogP contribution in [0.1, 0.15) is 17.7 Å². The van der Waals surface area contributed by atoms with Gasteiger partial charge in [0, 0.05) is 25.2 Å². The SMILES string of the molecule is Cc1ccc(-c2nc(CN3CC(CC(=O)O)C3)co2)cc1. The molecule has 0 spiro atoms. The van der Waals surface area contributed by atoms with Gasteiger partial charge >= 0.3 is 5.97 Å². The molecule has 0 aliphatic carbocycles. The van der Waals surface area contributed by atoms with Crippen LogP contribution in [0.2, 0.25) is 0 Å². The average molecular weight is 286 g/mol. The Balaban J connectivity index is 1.57. The van der Waals surface area contributed by atoms with Crippen LogP contribution in [0.25, 0.3) is 11.5 Å². The van der Waals surface area contributed by atoms with Crippen LogP contribution >= 0.6 is 0 Å². The highest BCUT2D eigenvalue weighted by atomic mass is 16.4. The molecule has 0 unspecified atom stereocenters. The monoisotopic (exact) mass is 286 g/mol. The summed E-state index contributed by atoms with van der Waals surface area (Å²) in [7, 11) is 0. The van der Waals surface area contributed by atoms with E-state index in [9.17, 15) is 4.79 Å². The zero-order chi connectivity index (χ0) is 14.8. The van der Waals surface area contributed by atoms with Gasteiger partial charge in [0.1, 0.15) is 6.26 Å². The molecular formula is C16H18N2O3. The summed E-state index contributed by atoms with van der Waals surface area (Å²) < 4.78 is 5.52. The zero-order valence-electron chi connectivity index (χ0n) is 12.0. The molecule has 1 aromatic carbocycles. The maximum absolute atomic E-state index is 10.6. The van der Waals surface area contributed by atoms with Crippen molar-refractivity contribution in [2.75, 3.05) is 13.1 Å². The first-order chi connectivity index (χ1) is 10.1. The third-order valence-electron chi connectivity index (χ3n) is 3.73. The van der Waals surface area contributed by atoms with Gasteiger partial charge in [-0.3, -0.25) is 9.69 Å². The number of aromatic nitrogens is 1. The lowest BCUT2D eigenvalue weighted by atomic mass is 9.96. The van der Waals surface area contributed by atoms with Gasteiger partial charge in [-0.05, 0) is 25.0 Å². The molecule has 0 bridgehead atoms. The lowest BCUT2D eigenvalue weighted by Crippen LogP contribution is -2.46. The van der Waals surface area contributed by atoms with E-state index in [1.165, 1.54) is 5.56 Å². The van der Waals surface area contributed by atoms with E-state index < -0.39 is 5.97 Å². The third kappa shape index (κ3) is 3.31. The molecule has 5 nitrogen and oxygen atoms in total. The fourth-order valence-corrected chi connectivity index (χ4v) is 2.62. The van der Waals surface area contributed by atoms with Gasteiger partial charge < -0.3 is 9.52 Å². The highest BCUT2D eigenvalue weighted by Crippen LogP contribution is 2.23. The predicted octanol–water partition coefficient (Wildman–Crippen LogP) is 2.56. The maximum Gasteiger partial charge on any atom is 0.303 e. The van der Waals surface area contributed by atoms with E-state index in [2.05, 4.69) is 9.88 Å². The normalized spacial score (nSPS) is 15.9. The van der Waals surface area contributed by atoms with E-state index in [1.807, 2.05) is 31.2 Å². The fraction of sp³-hybridized carbons (Fsp3) is 0.375. The van der Waals surface area contributed by atoms with Gasteiger partial charge in [-0.15, -0.1) is 0 Å². The van der Waals surface area contributed by atoms with Crippen molar-refractivity contribution in [3.05, 3.63) is 41.8 Å². The summed E-state index contributed by atoms with van der Waals surface area (Å²) >= 11 is 0. The molecule has 1 N–H and O–H groups in total. The molecule has 1 saturated heterocycles. The van der Waals surface area contributed by atoms with Crippen LogP contribution in [0.15, 0.2) is 34.9 Å². The number of benzene rings is 1. The van der Waals surface area contributed by atoms with Gasteiger partial charge in [0.2, 0.25) is 5.89 Å². The summed E-state index contributed by atoms with van der Waals surface area (Å²) in [6, 6.07) is 8.06. The number of nitrogens with zero attached hydrogens (tertiary/aromatic N) is 2. The van der Waals surface area contributed by atoms with Crippen molar-refractivity contribution in [1.82, 2.24) is 9.88 Å². The second-order valence-electron chi connectivity index (χ2n) is 5.67. The van der Waals surface area contributed by atoms with Crippen molar-refractivity contribution < 1.29 is 14.3 Å². The first kappa shape index (κ1) is 13.8. The van der Waals surface area contributed by atoms with Crippen LogP contribution in [0.4, 0.5) is 0 Å². The molecule has 3 rings (SSSR count). The molecule has 1 aliphatic rings. The van der Waals surface area contributed by atoms with E-state index >= 15 is 0 Å². The molecule has 2 heterocycles. The Morgan fingerprint density at radius 2 is 2.10 bits per heavy atom. The highest BCUT2D eigenvalue weighted by Gasteiger charge is 2.28. The number of likely N-dealkylation sites (tertiary alicyclic amines) is 1. The van der Waals surface area contributed by atoms with Crippen molar-refractivity contribution in [2.24, 2.45) is 5.92 Å². The van der Waals surface area contributed by atoms with E-state index in [0.717, 1.165) is 24.3 Å². The van der Waals surface area contributed by atoms with Crippen molar-refractivity contribution in [1.29, 1.82) is 0 Å². The molecule has 21 heavy (non-hydrogen) atoms. The second kappa shape index (κ2) is 5.69. The van der Waals surface area contributed by atoms with E-state index in [1.54, 1.807) is 6.26 Å². The summed E-state index contributed by atoms with van der Waals surface area (Å²) in [6.07, 6.45) is 1.93. The minimum absolute atomic E-state index is 0.254. The van der Waals surface area contributed by atoms with Crippen molar-refractivity contribution >= 4 is 5.97 Å². The Morgan fingerprint density at radius 3 is 2.76 bits per heavy atom. The fourth-order valence-electron chi connectivity index (χ4n) is 2.62. The number of carboxylic acids is 1. The summed E-state index contributed by atoms with van der Waals surface area (Å²) in [5, 5.41) is 8.73. The first-order valence-corrected chi connectivity index (χ1v) is 7.06. The van der Waals surface area contributed by atoms with Crippen LogP contribution in [0.3, 0.4) is 0 Å². The predicted molar refractivity (Wildman–Crippen MR) is 77.7 cm³/mol. The average Bonchev–Trinajstić information content (AvgIpc) is 2.85. The molecule has 2 aromatic rings. The Kier molecular flexibility index (Phi) is 3.75. The molecule has 1 fully saturated rings. The minimum Gasteiger partial charge on any atom is -0.481 e. The Labute approximate surface area is 123 Å². The maximum atomic E-state index is 10.6. The Morgan fingerprint density at radius 1 is 1.38 bits per heavy atom. The lowest BCUT2D eigenvalue weighted by molar-refractivity contribution is -0.139. The molecule has 0 atom stereocenters. The Bertz CT molecular complexity index is 627. The number of aliphatic carboxylic acids is 1. The second-order valence-corrected chi connectivity index (χ2v) is 5.67. The number of rotatable bonds is 5. The standard InChI is InChI=1S/C16H18N2O3/c1-11-2-4-13(5-3-11)16-17-14(10-21-16)9-18-7-12(8-18)6-15(19)20/h2-5,10,12H,6-9H2,1H3,(H,19,20). The molecule has 110 valence electrons. The van der Waals surface area contributed by atoms with Crippen LogP contribution in [0, 0.1) is 12.8 Å². The smallest absolute Gasteiger partial charge is 0.303 e. The van der Waals surface area contributed by atoms with E-state index in [-0.39, 0.29) is 12.3 Å². The number of carbonyl (C=O) groups is 1. The summed E-state index contributed by atoms with van der Waals surface area (Å²) in [6.45, 7) is 4.39. The molecular weight excluding hydrogens is 268 g/mol. The molecule has 1 aliphatic heterocycles. The van der Waals surface area contributed by atoms with Crippen LogP contribution in [0.5, 0.6) is 0 Å². The number of aryl methyl sites for hydroxylation is 1. The van der Waals surface area contributed by atoms with Gasteiger partial charge in [0.05, 0.1) is 12.1 Å². The van der Waals surface area contributed by atoms with Crippen LogP contribution in [-0.2, 0) is 11.3 Å². The molecule has 0 saturated carbocycles. The Hall–Kier alpha value is -2.14. The number of carboxylic acid groups (broad SMARTS) is 1. The van der Waals surface area contributed by atoms with E-state index in [4.69, 9.17) is 9.52 Å². The summed E-state index contributed by atoms with van der Waals surface area (Å²) in [4.78, 5) is 17.3. The largest absolute Gasteiger partial charge is 0.481 e. The van der Waals surface area contributed by atoms with Crippen molar-refractivity contribution in [3.8, 4) is 11.5 Å². The first-order valence-electron chi connectivity index (χ1n) is 7.06. The quantitative estimate of drug-likeness (QED) is 0.915. The molecule has 5 heteroatoms. The molecule has 0 amide bonds. The highest BCUT2D eigenvalue weighted by molar-refractivity contribution is 5.67. The van der Waals surface area contributed by atoms with Crippen LogP contribution in [-0.4, -0.2) is 34.0 Å². The molecule has 0 radical (unpaired) electrons.